The van der Waals surface area contributed by atoms with E-state index < -0.39 is 4.92 Å². The normalized spacial score (nSPS) is 18.8. The summed E-state index contributed by atoms with van der Waals surface area (Å²) < 4.78 is 5.74. The molecule has 2 aliphatic heterocycles. The first-order chi connectivity index (χ1) is 13.1. The minimum atomic E-state index is -0.439. The maximum atomic E-state index is 12.2. The SMILES string of the molecule is O=C1N=C(N2CCCCC2)S/C1=C\c1ccc(-c2ccccc2[N+](=O)[O-])o1. The molecular weight excluding hydrogens is 366 g/mol. The second-order valence-electron chi connectivity index (χ2n) is 6.33. The topological polar surface area (TPSA) is 89.0 Å². The number of amides is 1. The minimum absolute atomic E-state index is 0.0203. The van der Waals surface area contributed by atoms with E-state index in [1.807, 2.05) is 0 Å². The maximum absolute atomic E-state index is 12.2. The van der Waals surface area contributed by atoms with Crippen molar-refractivity contribution >= 4 is 34.6 Å². The highest BCUT2D eigenvalue weighted by Crippen LogP contribution is 2.34. The molecule has 0 bridgehead atoms. The van der Waals surface area contributed by atoms with Gasteiger partial charge >= 0.3 is 0 Å². The number of furan rings is 1. The summed E-state index contributed by atoms with van der Waals surface area (Å²) >= 11 is 1.35. The first kappa shape index (κ1) is 17.5. The summed E-state index contributed by atoms with van der Waals surface area (Å²) in [7, 11) is 0. The Kier molecular flexibility index (Phi) is 4.81. The van der Waals surface area contributed by atoms with Crippen LogP contribution in [0.5, 0.6) is 0 Å². The van der Waals surface area contributed by atoms with Crippen LogP contribution in [0, 0.1) is 10.1 Å². The third-order valence-corrected chi connectivity index (χ3v) is 5.55. The summed E-state index contributed by atoms with van der Waals surface area (Å²) in [4.78, 5) is 29.8. The lowest BCUT2D eigenvalue weighted by Crippen LogP contribution is -2.33. The summed E-state index contributed by atoms with van der Waals surface area (Å²) in [5, 5.41) is 11.9. The molecule has 0 atom stereocenters. The van der Waals surface area contributed by atoms with Crippen molar-refractivity contribution in [1.82, 2.24) is 4.90 Å². The van der Waals surface area contributed by atoms with Gasteiger partial charge in [0.05, 0.1) is 15.4 Å². The molecule has 0 aliphatic carbocycles. The van der Waals surface area contributed by atoms with Crippen molar-refractivity contribution in [3.63, 3.8) is 0 Å². The molecular formula is C19H17N3O4S. The van der Waals surface area contributed by atoms with Crippen molar-refractivity contribution in [2.75, 3.05) is 13.1 Å². The lowest BCUT2D eigenvalue weighted by molar-refractivity contribution is -0.384. The Morgan fingerprint density at radius 3 is 2.70 bits per heavy atom. The van der Waals surface area contributed by atoms with E-state index in [0.29, 0.717) is 22.0 Å². The van der Waals surface area contributed by atoms with E-state index in [2.05, 4.69) is 9.89 Å². The monoisotopic (exact) mass is 383 g/mol. The molecule has 0 spiro atoms. The number of amidine groups is 1. The van der Waals surface area contributed by atoms with Crippen LogP contribution in [0.4, 0.5) is 5.69 Å². The van der Waals surface area contributed by atoms with Crippen molar-refractivity contribution in [1.29, 1.82) is 0 Å². The van der Waals surface area contributed by atoms with Crippen LogP contribution in [0.1, 0.15) is 25.0 Å². The molecule has 0 radical (unpaired) electrons. The first-order valence-corrected chi connectivity index (χ1v) is 9.54. The van der Waals surface area contributed by atoms with Crippen LogP contribution in [-0.2, 0) is 4.79 Å². The van der Waals surface area contributed by atoms with Gasteiger partial charge in [0.25, 0.3) is 11.6 Å². The van der Waals surface area contributed by atoms with Crippen LogP contribution in [0.15, 0.2) is 50.7 Å². The summed E-state index contributed by atoms with van der Waals surface area (Å²) in [6.45, 7) is 1.85. The van der Waals surface area contributed by atoms with E-state index in [0.717, 1.165) is 31.1 Å². The predicted molar refractivity (Wildman–Crippen MR) is 104 cm³/mol. The fraction of sp³-hybridized carbons (Fsp3) is 0.263. The van der Waals surface area contributed by atoms with Crippen molar-refractivity contribution in [3.05, 3.63) is 57.2 Å². The lowest BCUT2D eigenvalue weighted by Gasteiger charge is -2.27. The summed E-state index contributed by atoms with van der Waals surface area (Å²) in [5.41, 5.74) is 0.385. The number of para-hydroxylation sites is 1. The number of nitrogens with zero attached hydrogens (tertiary/aromatic N) is 3. The van der Waals surface area contributed by atoms with E-state index in [9.17, 15) is 14.9 Å². The van der Waals surface area contributed by atoms with E-state index in [1.165, 1.54) is 24.2 Å². The third kappa shape index (κ3) is 3.66. The molecule has 1 amide bonds. The van der Waals surface area contributed by atoms with Gasteiger partial charge in [-0.05, 0) is 49.2 Å². The Morgan fingerprint density at radius 1 is 1.15 bits per heavy atom. The molecule has 27 heavy (non-hydrogen) atoms. The van der Waals surface area contributed by atoms with Crippen molar-refractivity contribution in [2.24, 2.45) is 4.99 Å². The average molecular weight is 383 g/mol. The molecule has 4 rings (SSSR count). The smallest absolute Gasteiger partial charge is 0.286 e. The molecule has 0 N–H and O–H groups in total. The summed E-state index contributed by atoms with van der Waals surface area (Å²) in [6, 6.07) is 9.78. The Hall–Kier alpha value is -2.87. The van der Waals surface area contributed by atoms with E-state index in [4.69, 9.17) is 4.42 Å². The highest BCUT2D eigenvalue weighted by Gasteiger charge is 2.27. The molecule has 7 nitrogen and oxygen atoms in total. The number of thioether (sulfide) groups is 1. The molecule has 1 fully saturated rings. The maximum Gasteiger partial charge on any atom is 0.286 e. The number of nitro benzene ring substituents is 1. The van der Waals surface area contributed by atoms with E-state index >= 15 is 0 Å². The van der Waals surface area contributed by atoms with Gasteiger partial charge in [-0.25, -0.2) is 0 Å². The van der Waals surface area contributed by atoms with Crippen molar-refractivity contribution in [3.8, 4) is 11.3 Å². The van der Waals surface area contributed by atoms with Crippen LogP contribution in [0.3, 0.4) is 0 Å². The molecule has 0 saturated carbocycles. The van der Waals surface area contributed by atoms with Gasteiger partial charge in [-0.15, -0.1) is 0 Å². The number of piperidine rings is 1. The number of hydrogen-bond donors (Lipinski definition) is 0. The second kappa shape index (κ2) is 7.40. The standard InChI is InChI=1S/C19H17N3O4S/c23-18-17(27-19(20-18)21-10-4-1-5-11-21)12-13-8-9-16(26-13)14-6-2-3-7-15(14)22(24)25/h2-3,6-9,12H,1,4-5,10-11H2/b17-12-. The molecule has 1 saturated heterocycles. The zero-order valence-electron chi connectivity index (χ0n) is 14.5. The molecule has 2 aromatic rings. The molecule has 8 heteroatoms. The Morgan fingerprint density at radius 2 is 1.93 bits per heavy atom. The largest absolute Gasteiger partial charge is 0.456 e. The summed E-state index contributed by atoms with van der Waals surface area (Å²) in [5.74, 6) is 0.583. The third-order valence-electron chi connectivity index (χ3n) is 4.50. The number of carbonyl (C=O) groups excluding carboxylic acids is 1. The van der Waals surface area contributed by atoms with Gasteiger partial charge in [-0.1, -0.05) is 12.1 Å². The quantitative estimate of drug-likeness (QED) is 0.446. The lowest BCUT2D eigenvalue weighted by atomic mass is 10.1. The summed E-state index contributed by atoms with van der Waals surface area (Å²) in [6.07, 6.45) is 5.09. The zero-order valence-corrected chi connectivity index (χ0v) is 15.3. The number of nitro groups is 1. The van der Waals surface area contributed by atoms with Gasteiger partial charge in [0.1, 0.15) is 11.5 Å². The fourth-order valence-electron chi connectivity index (χ4n) is 3.16. The van der Waals surface area contributed by atoms with Crippen LogP contribution in [0.2, 0.25) is 0 Å². The molecule has 138 valence electrons. The van der Waals surface area contributed by atoms with Gasteiger partial charge in [-0.2, -0.15) is 4.99 Å². The zero-order chi connectivity index (χ0) is 18.8. The van der Waals surface area contributed by atoms with Crippen molar-refractivity contribution in [2.45, 2.75) is 19.3 Å². The number of carbonyl (C=O) groups is 1. The van der Waals surface area contributed by atoms with Crippen LogP contribution < -0.4 is 0 Å². The van der Waals surface area contributed by atoms with Crippen molar-refractivity contribution < 1.29 is 14.1 Å². The number of benzene rings is 1. The number of hydrogen-bond acceptors (Lipinski definition) is 6. The Balaban J connectivity index is 1.55. The molecule has 1 aromatic carbocycles. The number of rotatable bonds is 3. The molecule has 3 heterocycles. The molecule has 0 unspecified atom stereocenters. The highest BCUT2D eigenvalue weighted by atomic mass is 32.2. The van der Waals surface area contributed by atoms with Crippen LogP contribution >= 0.6 is 11.8 Å². The Labute approximate surface area is 159 Å². The van der Waals surface area contributed by atoms with Gasteiger partial charge in [0.15, 0.2) is 5.17 Å². The van der Waals surface area contributed by atoms with Crippen LogP contribution in [-0.4, -0.2) is 34.0 Å². The van der Waals surface area contributed by atoms with Gasteiger partial charge in [0, 0.05) is 25.2 Å². The minimum Gasteiger partial charge on any atom is -0.456 e. The first-order valence-electron chi connectivity index (χ1n) is 8.73. The molecule has 2 aliphatic rings. The van der Waals surface area contributed by atoms with Gasteiger partial charge in [-0.3, -0.25) is 14.9 Å². The molecule has 1 aromatic heterocycles. The second-order valence-corrected chi connectivity index (χ2v) is 7.34. The van der Waals surface area contributed by atoms with Crippen LogP contribution in [0.25, 0.3) is 17.4 Å². The average Bonchev–Trinajstić information content (AvgIpc) is 3.30. The van der Waals surface area contributed by atoms with E-state index in [-0.39, 0.29) is 11.6 Å². The van der Waals surface area contributed by atoms with Gasteiger partial charge < -0.3 is 9.32 Å². The number of aliphatic imine (C=N–C) groups is 1. The van der Waals surface area contributed by atoms with E-state index in [1.54, 1.807) is 36.4 Å². The Bertz CT molecular complexity index is 957. The van der Waals surface area contributed by atoms with Gasteiger partial charge in [0.2, 0.25) is 0 Å². The number of likely N-dealkylation sites (tertiary alicyclic amines) is 1. The highest BCUT2D eigenvalue weighted by molar-refractivity contribution is 8.18. The predicted octanol–water partition coefficient (Wildman–Crippen LogP) is 4.31. The fourth-order valence-corrected chi connectivity index (χ4v) is 4.11.